The molecule has 0 saturated carbocycles. The molecule has 2 aliphatic heterocycles. The highest BCUT2D eigenvalue weighted by Crippen LogP contribution is 2.41. The van der Waals surface area contributed by atoms with Crippen LogP contribution in [0.1, 0.15) is 109 Å². The van der Waals surface area contributed by atoms with Crippen LogP contribution in [0.5, 0.6) is 28.7 Å². The average molecular weight is 590 g/mol. The maximum Gasteiger partial charge on any atom is 0.210 e. The van der Waals surface area contributed by atoms with E-state index in [-0.39, 0.29) is 23.0 Å². The summed E-state index contributed by atoms with van der Waals surface area (Å²) in [5, 5.41) is 57.6. The second kappa shape index (κ2) is 22.7. The second-order valence-corrected chi connectivity index (χ2v) is 10.1. The summed E-state index contributed by atoms with van der Waals surface area (Å²) in [6, 6.07) is 8.48. The fourth-order valence-electron chi connectivity index (χ4n) is 4.29. The topological polar surface area (TPSA) is 190 Å². The fourth-order valence-corrected chi connectivity index (χ4v) is 4.29. The van der Waals surface area contributed by atoms with Gasteiger partial charge in [-0.05, 0) is 81.8 Å². The first kappa shape index (κ1) is 38.0. The van der Waals surface area contributed by atoms with E-state index < -0.39 is 17.9 Å². The molecule has 0 unspecified atom stereocenters. The van der Waals surface area contributed by atoms with E-state index in [9.17, 15) is 15.3 Å². The Balaban J connectivity index is 0.00000119. The molecule has 4 bridgehead atoms. The maximum absolute atomic E-state index is 10.4. The van der Waals surface area contributed by atoms with E-state index in [0.717, 1.165) is 57.6 Å². The number of aliphatic carboxylic acids is 3. The van der Waals surface area contributed by atoms with Crippen LogP contribution in [0.3, 0.4) is 0 Å². The van der Waals surface area contributed by atoms with Gasteiger partial charge in [0.25, 0.3) is 0 Å². The van der Waals surface area contributed by atoms with Crippen molar-refractivity contribution in [2.75, 3.05) is 0 Å². The van der Waals surface area contributed by atoms with Gasteiger partial charge < -0.3 is 49.8 Å². The van der Waals surface area contributed by atoms with Crippen molar-refractivity contribution in [3.05, 3.63) is 41.5 Å². The number of rotatable bonds is 0. The summed E-state index contributed by atoms with van der Waals surface area (Å²) in [7, 11) is 0. The summed E-state index contributed by atoms with van der Waals surface area (Å²) in [5.74, 6) is -2.80. The summed E-state index contributed by atoms with van der Waals surface area (Å²) in [5.41, 5.74) is 1.92. The molecule has 0 saturated heterocycles. The highest BCUT2D eigenvalue weighted by molar-refractivity contribution is 5.60. The Bertz CT molecular complexity index is 1020. The van der Waals surface area contributed by atoms with Crippen molar-refractivity contribution in [3.63, 3.8) is 0 Å². The van der Waals surface area contributed by atoms with Crippen molar-refractivity contribution in [1.29, 1.82) is 0 Å². The Morgan fingerprint density at radius 1 is 0.548 bits per heavy atom. The number of carboxylic acid groups (broad SMARTS) is 3. The van der Waals surface area contributed by atoms with Gasteiger partial charge in [0.05, 0.1) is 0 Å². The number of hydrogen-bond acceptors (Lipinski definition) is 10. The molecule has 0 atom stereocenters. The zero-order valence-corrected chi connectivity index (χ0v) is 25.0. The standard InChI is InChI=1S/C26H36O4.3C2H4O2/c27-22-15-20-13-11-9-7-5-3-1-2-4-6-8-10-12-14-21-17-24(28)26(25(29)18-21)30-23(16-20)19-22;3*1-2(3)4/h15-19,27-29H,1-14H2;3*1H3,(H,3,4)/p-3. The van der Waals surface area contributed by atoms with Gasteiger partial charge in [-0.3, -0.25) is 0 Å². The molecule has 0 fully saturated rings. The van der Waals surface area contributed by atoms with Crippen molar-refractivity contribution >= 4 is 17.9 Å². The first-order valence-corrected chi connectivity index (χ1v) is 14.4. The second-order valence-electron chi connectivity index (χ2n) is 10.1. The van der Waals surface area contributed by atoms with E-state index in [0.29, 0.717) is 5.75 Å². The van der Waals surface area contributed by atoms with Gasteiger partial charge >= 0.3 is 0 Å². The van der Waals surface area contributed by atoms with E-state index in [1.165, 1.54) is 70.3 Å². The number of carbonyl (C=O) groups excluding carboxylic acids is 3. The lowest BCUT2D eigenvalue weighted by atomic mass is 10.0. The van der Waals surface area contributed by atoms with Gasteiger partial charge in [0.2, 0.25) is 5.75 Å². The number of carbonyl (C=O) groups is 3. The molecule has 2 heterocycles. The molecule has 4 rings (SSSR count). The third-order valence-corrected chi connectivity index (χ3v) is 5.96. The molecule has 2 aromatic carbocycles. The lowest BCUT2D eigenvalue weighted by Crippen LogP contribution is -2.16. The van der Waals surface area contributed by atoms with Crippen LogP contribution in [0.15, 0.2) is 30.3 Å². The number of benzene rings is 2. The number of phenols is 3. The molecule has 2 aromatic rings. The van der Waals surface area contributed by atoms with E-state index in [4.69, 9.17) is 34.4 Å². The van der Waals surface area contributed by atoms with Crippen molar-refractivity contribution in [1.82, 2.24) is 0 Å². The van der Waals surface area contributed by atoms with E-state index >= 15 is 0 Å². The summed E-state index contributed by atoms with van der Waals surface area (Å²) in [6.45, 7) is 2.92. The van der Waals surface area contributed by atoms with Crippen LogP contribution in [0.2, 0.25) is 0 Å². The van der Waals surface area contributed by atoms with Gasteiger partial charge in [0.15, 0.2) is 11.5 Å². The van der Waals surface area contributed by atoms with Gasteiger partial charge in [-0.25, -0.2) is 0 Å². The lowest BCUT2D eigenvalue weighted by Gasteiger charge is -2.13. The molecule has 3 N–H and O–H groups in total. The summed E-state index contributed by atoms with van der Waals surface area (Å²) < 4.78 is 5.77. The Labute approximate surface area is 248 Å². The van der Waals surface area contributed by atoms with E-state index in [2.05, 4.69) is 0 Å². The number of phenolic OH excluding ortho intramolecular Hbond substituents is 3. The van der Waals surface area contributed by atoms with Crippen LogP contribution in [0.25, 0.3) is 0 Å². The molecule has 10 nitrogen and oxygen atoms in total. The first-order valence-electron chi connectivity index (χ1n) is 14.4. The van der Waals surface area contributed by atoms with Gasteiger partial charge in [-0.15, -0.1) is 0 Å². The molecule has 236 valence electrons. The third kappa shape index (κ3) is 21.8. The van der Waals surface area contributed by atoms with Crippen molar-refractivity contribution in [2.24, 2.45) is 0 Å². The minimum Gasteiger partial charge on any atom is -0.550 e. The van der Waals surface area contributed by atoms with E-state index in [1.807, 2.05) is 6.07 Å². The predicted octanol–water partition coefficient (Wildman–Crippen LogP) is 3.64. The normalized spacial score (nSPS) is 14.3. The van der Waals surface area contributed by atoms with Gasteiger partial charge in [-0.2, -0.15) is 0 Å². The summed E-state index contributed by atoms with van der Waals surface area (Å²) in [6.07, 6.45) is 16.7. The smallest absolute Gasteiger partial charge is 0.210 e. The summed E-state index contributed by atoms with van der Waals surface area (Å²) in [4.78, 5) is 26.7. The quantitative estimate of drug-likeness (QED) is 0.409. The minimum atomic E-state index is -1.08. The number of hydrogen-bond donors (Lipinski definition) is 3. The Morgan fingerprint density at radius 2 is 0.857 bits per heavy atom. The van der Waals surface area contributed by atoms with Crippen LogP contribution in [-0.4, -0.2) is 33.2 Å². The number of aryl methyl sites for hydroxylation is 2. The fraction of sp³-hybridized carbons (Fsp3) is 0.531. The largest absolute Gasteiger partial charge is 0.550 e. The Hall–Kier alpha value is -3.95. The molecule has 2 aliphatic rings. The number of carboxylic acids is 3. The first-order chi connectivity index (χ1) is 19.8. The van der Waals surface area contributed by atoms with Gasteiger partial charge in [0, 0.05) is 24.0 Å². The highest BCUT2D eigenvalue weighted by Gasteiger charge is 2.14. The highest BCUT2D eigenvalue weighted by atomic mass is 16.5. The predicted molar refractivity (Wildman–Crippen MR) is 153 cm³/mol. The molecule has 42 heavy (non-hydrogen) atoms. The third-order valence-electron chi connectivity index (χ3n) is 5.96. The zero-order chi connectivity index (χ0) is 31.9. The van der Waals surface area contributed by atoms with Crippen LogP contribution < -0.4 is 20.1 Å². The Kier molecular flexibility index (Phi) is 20.6. The van der Waals surface area contributed by atoms with Crippen LogP contribution >= 0.6 is 0 Å². The molecule has 0 aromatic heterocycles. The number of fused-ring (bicyclic) bond motifs is 15. The maximum atomic E-state index is 10.4. The van der Waals surface area contributed by atoms with Gasteiger partial charge in [-0.1, -0.05) is 64.2 Å². The summed E-state index contributed by atoms with van der Waals surface area (Å²) >= 11 is 0. The molecular weight excluding hydrogens is 544 g/mol. The molecular formula is C32H45O10-3. The van der Waals surface area contributed by atoms with Crippen molar-refractivity contribution in [2.45, 2.75) is 111 Å². The minimum absolute atomic E-state index is 0.0393. The molecule has 0 spiro atoms. The van der Waals surface area contributed by atoms with E-state index in [1.54, 1.807) is 18.2 Å². The van der Waals surface area contributed by atoms with Crippen LogP contribution in [0, 0.1) is 0 Å². The molecule has 0 amide bonds. The van der Waals surface area contributed by atoms with Crippen LogP contribution in [0.4, 0.5) is 0 Å². The monoisotopic (exact) mass is 589 g/mol. The SMILES string of the molecule is CC(=O)[O-].CC(=O)[O-].CC(=O)[O-].Oc1cc2cc(c1)Oc1c(O)cc(cc1O)CCCCCCCCCCCCCC2. The van der Waals surface area contributed by atoms with Crippen LogP contribution in [-0.2, 0) is 27.2 Å². The Morgan fingerprint density at radius 3 is 1.21 bits per heavy atom. The number of aromatic hydroxyl groups is 3. The van der Waals surface area contributed by atoms with Crippen molar-refractivity contribution in [3.8, 4) is 28.7 Å². The average Bonchev–Trinajstić information content (AvgIpc) is 2.85. The molecule has 10 heteroatoms. The molecule has 0 aliphatic carbocycles. The van der Waals surface area contributed by atoms with Gasteiger partial charge in [0.1, 0.15) is 11.5 Å². The molecule has 0 radical (unpaired) electrons. The number of ether oxygens (including phenoxy) is 1. The zero-order valence-electron chi connectivity index (χ0n) is 25.0. The lowest BCUT2D eigenvalue weighted by molar-refractivity contribution is -0.303. The van der Waals surface area contributed by atoms with Crippen molar-refractivity contribution < 1.29 is 49.8 Å².